The molecule has 1 heterocycles. The molecule has 0 aromatic heterocycles. The Hall–Kier alpha value is -0.200. The van der Waals surface area contributed by atoms with Crippen molar-refractivity contribution in [1.29, 1.82) is 0 Å². The molecule has 1 N–H and O–H groups in total. The molecule has 0 spiro atoms. The molecule has 21 heavy (non-hydrogen) atoms. The quantitative estimate of drug-likeness (QED) is 0.493. The van der Waals surface area contributed by atoms with Crippen LogP contribution in [0.4, 0.5) is 0 Å². The summed E-state index contributed by atoms with van der Waals surface area (Å²) in [4.78, 5) is 2.54. The molecular formula is C16H34N2O3. The van der Waals surface area contributed by atoms with Crippen molar-refractivity contribution in [3.05, 3.63) is 0 Å². The Balaban J connectivity index is 2.02. The van der Waals surface area contributed by atoms with Gasteiger partial charge in [-0.05, 0) is 32.4 Å². The van der Waals surface area contributed by atoms with Crippen LogP contribution < -0.4 is 5.32 Å². The number of nitrogens with one attached hydrogen (secondary N) is 1. The number of nitrogens with zero attached hydrogens (tertiary/aromatic N) is 1. The van der Waals surface area contributed by atoms with Gasteiger partial charge in [0.05, 0.1) is 33.0 Å². The summed E-state index contributed by atoms with van der Waals surface area (Å²) in [6.07, 6.45) is 5.16. The van der Waals surface area contributed by atoms with E-state index in [1.165, 1.54) is 38.8 Å². The third-order valence-corrected chi connectivity index (χ3v) is 3.82. The van der Waals surface area contributed by atoms with E-state index in [-0.39, 0.29) is 0 Å². The predicted molar refractivity (Wildman–Crippen MR) is 85.9 cm³/mol. The number of rotatable bonds is 14. The maximum Gasteiger partial charge on any atom is 0.0701 e. The van der Waals surface area contributed by atoms with Gasteiger partial charge in [0.15, 0.2) is 0 Å². The monoisotopic (exact) mass is 302 g/mol. The summed E-state index contributed by atoms with van der Waals surface area (Å²) in [5.74, 6) is 0. The molecule has 1 aliphatic rings. The fourth-order valence-corrected chi connectivity index (χ4v) is 2.56. The van der Waals surface area contributed by atoms with Crippen LogP contribution in [-0.4, -0.2) is 77.3 Å². The molecule has 0 aromatic rings. The molecule has 0 radical (unpaired) electrons. The first kappa shape index (κ1) is 18.8. The first-order chi connectivity index (χ1) is 10.4. The van der Waals surface area contributed by atoms with Crippen LogP contribution in [0.2, 0.25) is 0 Å². The highest BCUT2D eigenvalue weighted by molar-refractivity contribution is 4.77. The van der Waals surface area contributed by atoms with Gasteiger partial charge in [-0.25, -0.2) is 0 Å². The maximum absolute atomic E-state index is 5.66. The summed E-state index contributed by atoms with van der Waals surface area (Å²) in [7, 11) is 1.68. The highest BCUT2D eigenvalue weighted by Gasteiger charge is 2.17. The number of unbranched alkanes of at least 4 members (excludes halogenated alkanes) is 1. The number of ether oxygens (including phenoxy) is 3. The van der Waals surface area contributed by atoms with Crippen molar-refractivity contribution in [2.24, 2.45) is 0 Å². The Morgan fingerprint density at radius 1 is 1.05 bits per heavy atom. The van der Waals surface area contributed by atoms with Gasteiger partial charge in [0.1, 0.15) is 0 Å². The molecule has 0 aliphatic carbocycles. The van der Waals surface area contributed by atoms with Crippen LogP contribution in [0.5, 0.6) is 0 Å². The van der Waals surface area contributed by atoms with E-state index >= 15 is 0 Å². The summed E-state index contributed by atoms with van der Waals surface area (Å²) in [6.45, 7) is 10.2. The van der Waals surface area contributed by atoms with Gasteiger partial charge in [-0.2, -0.15) is 0 Å². The lowest BCUT2D eigenvalue weighted by molar-refractivity contribution is 0.0190. The molecule has 5 nitrogen and oxygen atoms in total. The lowest BCUT2D eigenvalue weighted by Gasteiger charge is -2.25. The molecule has 0 saturated carbocycles. The van der Waals surface area contributed by atoms with E-state index in [0.29, 0.717) is 32.5 Å². The maximum atomic E-state index is 5.66. The van der Waals surface area contributed by atoms with E-state index in [1.807, 2.05) is 0 Å². The van der Waals surface area contributed by atoms with Gasteiger partial charge < -0.3 is 19.5 Å². The zero-order valence-corrected chi connectivity index (χ0v) is 13.9. The van der Waals surface area contributed by atoms with E-state index in [0.717, 1.165) is 19.7 Å². The number of methoxy groups -OCH3 is 1. The predicted octanol–water partition coefficient (Wildman–Crippen LogP) is 1.52. The van der Waals surface area contributed by atoms with Crippen LogP contribution >= 0.6 is 0 Å². The van der Waals surface area contributed by atoms with Crippen molar-refractivity contribution in [3.8, 4) is 0 Å². The van der Waals surface area contributed by atoms with Gasteiger partial charge >= 0.3 is 0 Å². The molecule has 5 heteroatoms. The average Bonchev–Trinajstić information content (AvgIpc) is 3.00. The normalized spacial score (nSPS) is 18.7. The van der Waals surface area contributed by atoms with E-state index in [1.54, 1.807) is 7.11 Å². The smallest absolute Gasteiger partial charge is 0.0701 e. The molecule has 0 amide bonds. The highest BCUT2D eigenvalue weighted by atomic mass is 16.5. The van der Waals surface area contributed by atoms with Crippen molar-refractivity contribution in [2.45, 2.75) is 38.6 Å². The molecule has 0 bridgehead atoms. The minimum absolute atomic E-state index is 0.649. The van der Waals surface area contributed by atoms with Crippen molar-refractivity contribution in [2.75, 3.05) is 66.3 Å². The first-order valence-electron chi connectivity index (χ1n) is 8.47. The Labute approximate surface area is 130 Å². The second-order valence-corrected chi connectivity index (χ2v) is 5.66. The van der Waals surface area contributed by atoms with Crippen LogP contribution in [0.25, 0.3) is 0 Å². The van der Waals surface area contributed by atoms with E-state index < -0.39 is 0 Å². The van der Waals surface area contributed by atoms with Crippen molar-refractivity contribution in [1.82, 2.24) is 10.2 Å². The first-order valence-corrected chi connectivity index (χ1v) is 8.47. The zero-order valence-electron chi connectivity index (χ0n) is 13.9. The Morgan fingerprint density at radius 3 is 2.48 bits per heavy atom. The highest BCUT2D eigenvalue weighted by Crippen LogP contribution is 2.07. The SMILES string of the molecule is CCCCN(CCOCCOCCOC)CC1CCCN1. The van der Waals surface area contributed by atoms with Crippen LogP contribution in [0.3, 0.4) is 0 Å². The molecule has 1 aliphatic heterocycles. The zero-order chi connectivity index (χ0) is 15.2. The number of hydrogen-bond donors (Lipinski definition) is 1. The van der Waals surface area contributed by atoms with Crippen molar-refractivity contribution < 1.29 is 14.2 Å². The third-order valence-electron chi connectivity index (χ3n) is 3.82. The summed E-state index contributed by atoms with van der Waals surface area (Å²) < 4.78 is 16.0. The largest absolute Gasteiger partial charge is 0.382 e. The Bertz CT molecular complexity index is 224. The van der Waals surface area contributed by atoms with Crippen LogP contribution in [0, 0.1) is 0 Å². The van der Waals surface area contributed by atoms with Gasteiger partial charge in [0, 0.05) is 26.2 Å². The number of hydrogen-bond acceptors (Lipinski definition) is 5. The summed E-state index contributed by atoms with van der Waals surface area (Å²) in [6, 6.07) is 0.680. The van der Waals surface area contributed by atoms with Crippen LogP contribution in [0.15, 0.2) is 0 Å². The average molecular weight is 302 g/mol. The van der Waals surface area contributed by atoms with Crippen LogP contribution in [0.1, 0.15) is 32.6 Å². The van der Waals surface area contributed by atoms with Gasteiger partial charge in [0.25, 0.3) is 0 Å². The second kappa shape index (κ2) is 13.5. The Morgan fingerprint density at radius 2 is 1.81 bits per heavy atom. The van der Waals surface area contributed by atoms with Gasteiger partial charge in [-0.15, -0.1) is 0 Å². The van der Waals surface area contributed by atoms with E-state index in [4.69, 9.17) is 14.2 Å². The van der Waals surface area contributed by atoms with Gasteiger partial charge in [-0.1, -0.05) is 13.3 Å². The molecule has 1 saturated heterocycles. The third kappa shape index (κ3) is 10.2. The van der Waals surface area contributed by atoms with E-state index in [9.17, 15) is 0 Å². The van der Waals surface area contributed by atoms with Crippen molar-refractivity contribution in [3.63, 3.8) is 0 Å². The summed E-state index contributed by atoms with van der Waals surface area (Å²) in [5, 5.41) is 3.58. The minimum Gasteiger partial charge on any atom is -0.382 e. The van der Waals surface area contributed by atoms with Crippen molar-refractivity contribution >= 4 is 0 Å². The fraction of sp³-hybridized carbons (Fsp3) is 1.00. The molecule has 1 unspecified atom stereocenters. The summed E-state index contributed by atoms with van der Waals surface area (Å²) >= 11 is 0. The minimum atomic E-state index is 0.649. The lowest BCUT2D eigenvalue weighted by Crippen LogP contribution is -2.39. The van der Waals surface area contributed by atoms with E-state index in [2.05, 4.69) is 17.1 Å². The summed E-state index contributed by atoms with van der Waals surface area (Å²) in [5.41, 5.74) is 0. The Kier molecular flexibility index (Phi) is 12.1. The van der Waals surface area contributed by atoms with Crippen LogP contribution in [-0.2, 0) is 14.2 Å². The standard InChI is InChI=1S/C16H34N2O3/c1-3-4-8-18(15-16-6-5-7-17-16)9-10-20-13-14-21-12-11-19-2/h16-17H,3-15H2,1-2H3. The van der Waals surface area contributed by atoms with Gasteiger partial charge in [0.2, 0.25) is 0 Å². The topological polar surface area (TPSA) is 43.0 Å². The van der Waals surface area contributed by atoms with Gasteiger partial charge in [-0.3, -0.25) is 4.90 Å². The second-order valence-electron chi connectivity index (χ2n) is 5.66. The molecular weight excluding hydrogens is 268 g/mol. The molecule has 126 valence electrons. The fourth-order valence-electron chi connectivity index (χ4n) is 2.56. The molecule has 0 aromatic carbocycles. The molecule has 1 fully saturated rings. The molecule has 1 atom stereocenters. The molecule has 1 rings (SSSR count). The lowest BCUT2D eigenvalue weighted by atomic mass is 10.2.